The third-order valence-electron chi connectivity index (χ3n) is 3.98. The number of fused-ring (bicyclic) bond motifs is 5. The molecule has 0 aromatic rings. The van der Waals surface area contributed by atoms with E-state index in [2.05, 4.69) is 37.2 Å². The number of hydrogen-bond donors (Lipinski definition) is 1. The Hall–Kier alpha value is 0.1000. The lowest BCUT2D eigenvalue weighted by Gasteiger charge is -2.36. The molecular weight excluding hydrogens is 314 g/mol. The Bertz CT molecular complexity index is 327. The molecule has 0 aromatic heterocycles. The van der Waals surface area contributed by atoms with Crippen molar-refractivity contribution in [3.05, 3.63) is 0 Å². The van der Waals surface area contributed by atoms with Gasteiger partial charge in [-0.3, -0.25) is 14.9 Å². The summed E-state index contributed by atoms with van der Waals surface area (Å²) < 4.78 is -1.36. The van der Waals surface area contributed by atoms with Gasteiger partial charge in [0.25, 0.3) is 0 Å². The zero-order valence-electron chi connectivity index (χ0n) is 7.35. The van der Waals surface area contributed by atoms with Gasteiger partial charge < -0.3 is 0 Å². The van der Waals surface area contributed by atoms with Crippen molar-refractivity contribution < 1.29 is 9.59 Å². The summed E-state index contributed by atoms with van der Waals surface area (Å²) in [5.74, 6) is 0.287. The molecule has 5 heteroatoms. The lowest BCUT2D eigenvalue weighted by Crippen LogP contribution is -2.52. The van der Waals surface area contributed by atoms with E-state index in [1.807, 2.05) is 0 Å². The van der Waals surface area contributed by atoms with Crippen LogP contribution in [-0.4, -0.2) is 20.5 Å². The number of amides is 2. The molecule has 1 aliphatic heterocycles. The summed E-state index contributed by atoms with van der Waals surface area (Å²) in [6, 6.07) is 0. The zero-order valence-corrected chi connectivity index (χ0v) is 10.5. The number of nitrogens with one attached hydrogen (secondary N) is 1. The lowest BCUT2D eigenvalue weighted by atomic mass is 9.80. The van der Waals surface area contributed by atoms with Crippen LogP contribution in [0.25, 0.3) is 0 Å². The number of halogens is 2. The van der Waals surface area contributed by atoms with Crippen LogP contribution in [0.1, 0.15) is 19.3 Å². The normalized spacial score (nSPS) is 55.0. The van der Waals surface area contributed by atoms with Gasteiger partial charge in [-0.15, -0.1) is 0 Å². The maximum Gasteiger partial charge on any atom is 0.245 e. The Morgan fingerprint density at radius 2 is 1.50 bits per heavy atom. The highest BCUT2D eigenvalue weighted by atomic mass is 79.9. The van der Waals surface area contributed by atoms with Crippen LogP contribution in [0.5, 0.6) is 0 Å². The molecule has 2 saturated carbocycles. The first kappa shape index (κ1) is 9.33. The highest BCUT2D eigenvalue weighted by Crippen LogP contribution is 2.66. The van der Waals surface area contributed by atoms with Crippen molar-refractivity contribution in [3.8, 4) is 0 Å². The Kier molecular flexibility index (Phi) is 1.62. The van der Waals surface area contributed by atoms with E-state index >= 15 is 0 Å². The van der Waals surface area contributed by atoms with Gasteiger partial charge in [0.15, 0.2) is 0 Å². The zero-order chi connectivity index (χ0) is 10.1. The van der Waals surface area contributed by atoms with Gasteiger partial charge in [-0.05, 0) is 31.1 Å². The third-order valence-corrected chi connectivity index (χ3v) is 7.77. The number of carbonyl (C=O) groups is 2. The highest BCUT2D eigenvalue weighted by molar-refractivity contribution is 9.13. The fourth-order valence-electron chi connectivity index (χ4n) is 3.28. The van der Waals surface area contributed by atoms with E-state index in [9.17, 15) is 9.59 Å². The van der Waals surface area contributed by atoms with Crippen molar-refractivity contribution in [2.24, 2.45) is 11.8 Å². The van der Waals surface area contributed by atoms with Gasteiger partial charge >= 0.3 is 0 Å². The fraction of sp³-hybridized carbons (Fsp3) is 0.778. The van der Waals surface area contributed by atoms with Crippen LogP contribution < -0.4 is 5.32 Å². The summed E-state index contributed by atoms with van der Waals surface area (Å²) in [6.07, 6.45) is 3.07. The van der Waals surface area contributed by atoms with Crippen LogP contribution in [-0.2, 0) is 9.59 Å². The second kappa shape index (κ2) is 2.43. The molecule has 0 radical (unpaired) electrons. The predicted octanol–water partition coefficient (Wildman–Crippen LogP) is 1.34. The molecule has 2 bridgehead atoms. The Labute approximate surface area is 98.2 Å². The van der Waals surface area contributed by atoms with Gasteiger partial charge in [-0.25, -0.2) is 0 Å². The molecule has 0 spiro atoms. The van der Waals surface area contributed by atoms with E-state index in [0.29, 0.717) is 11.8 Å². The van der Waals surface area contributed by atoms with Crippen molar-refractivity contribution in [1.29, 1.82) is 0 Å². The fourth-order valence-corrected chi connectivity index (χ4v) is 5.32. The second-order valence-corrected chi connectivity index (χ2v) is 6.92. The minimum atomic E-state index is -0.681. The number of carbonyl (C=O) groups excluding carboxylic acids is 2. The van der Waals surface area contributed by atoms with Crippen molar-refractivity contribution in [2.45, 2.75) is 27.9 Å². The van der Waals surface area contributed by atoms with Crippen molar-refractivity contribution in [2.75, 3.05) is 0 Å². The molecule has 1 N–H and O–H groups in total. The first-order chi connectivity index (χ1) is 6.51. The van der Waals surface area contributed by atoms with Crippen molar-refractivity contribution in [3.63, 3.8) is 0 Å². The monoisotopic (exact) mass is 321 g/mol. The van der Waals surface area contributed by atoms with Gasteiger partial charge in [0, 0.05) is 0 Å². The summed E-state index contributed by atoms with van der Waals surface area (Å²) in [5, 5.41) is 2.43. The maximum atomic E-state index is 11.8. The van der Waals surface area contributed by atoms with E-state index in [1.165, 1.54) is 0 Å². The van der Waals surface area contributed by atoms with Crippen LogP contribution >= 0.6 is 31.9 Å². The minimum Gasteiger partial charge on any atom is -0.294 e. The van der Waals surface area contributed by atoms with Crippen LogP contribution in [0, 0.1) is 11.8 Å². The van der Waals surface area contributed by atoms with E-state index in [0.717, 1.165) is 19.3 Å². The third kappa shape index (κ3) is 0.702. The first-order valence-corrected chi connectivity index (χ1v) is 6.33. The lowest BCUT2D eigenvalue weighted by molar-refractivity contribution is -0.126. The average molecular weight is 323 g/mol. The van der Waals surface area contributed by atoms with Gasteiger partial charge in [0.1, 0.15) is 8.65 Å². The van der Waals surface area contributed by atoms with Crippen molar-refractivity contribution >= 4 is 43.7 Å². The largest absolute Gasteiger partial charge is 0.294 e. The molecular formula is C9H9Br2NO2. The first-order valence-electron chi connectivity index (χ1n) is 4.75. The molecule has 2 amide bonds. The van der Waals surface area contributed by atoms with Gasteiger partial charge in [0.2, 0.25) is 11.8 Å². The summed E-state index contributed by atoms with van der Waals surface area (Å²) in [5.41, 5.74) is 0. The molecule has 3 rings (SSSR count). The molecule has 1 heterocycles. The Morgan fingerprint density at radius 3 is 1.93 bits per heavy atom. The molecule has 2 aliphatic carbocycles. The van der Waals surface area contributed by atoms with Crippen LogP contribution in [0.15, 0.2) is 0 Å². The molecule has 4 atom stereocenters. The van der Waals surface area contributed by atoms with Gasteiger partial charge in [0.05, 0.1) is 0 Å². The summed E-state index contributed by atoms with van der Waals surface area (Å²) >= 11 is 7.02. The smallest absolute Gasteiger partial charge is 0.245 e. The standard InChI is InChI=1S/C9H9Br2NO2/c10-8-4-1-2-5(3-4)9(8,11)7(14)12-6(8)13/h4-5H,1-3H2,(H,12,13,14). The molecule has 3 fully saturated rings. The highest BCUT2D eigenvalue weighted by Gasteiger charge is 2.76. The van der Waals surface area contributed by atoms with Crippen molar-refractivity contribution in [1.82, 2.24) is 5.32 Å². The quantitative estimate of drug-likeness (QED) is 0.540. The van der Waals surface area contributed by atoms with E-state index in [1.54, 1.807) is 0 Å². The molecule has 1 saturated heterocycles. The molecule has 14 heavy (non-hydrogen) atoms. The van der Waals surface area contributed by atoms with Crippen LogP contribution in [0.2, 0.25) is 0 Å². The molecule has 3 aliphatic rings. The minimum absolute atomic E-state index is 0.161. The van der Waals surface area contributed by atoms with E-state index in [4.69, 9.17) is 0 Å². The summed E-state index contributed by atoms with van der Waals surface area (Å²) in [7, 11) is 0. The number of rotatable bonds is 0. The van der Waals surface area contributed by atoms with Crippen LogP contribution in [0.3, 0.4) is 0 Å². The van der Waals surface area contributed by atoms with E-state index < -0.39 is 8.65 Å². The van der Waals surface area contributed by atoms with E-state index in [-0.39, 0.29) is 11.8 Å². The molecule has 0 aromatic carbocycles. The second-order valence-electron chi connectivity index (χ2n) is 4.41. The maximum absolute atomic E-state index is 11.8. The number of imide groups is 1. The molecule has 3 nitrogen and oxygen atoms in total. The summed E-state index contributed by atoms with van der Waals surface area (Å²) in [6.45, 7) is 0. The Balaban J connectivity index is 2.21. The average Bonchev–Trinajstić information content (AvgIpc) is 2.73. The summed E-state index contributed by atoms with van der Waals surface area (Å²) in [4.78, 5) is 23.5. The molecule has 76 valence electrons. The SMILES string of the molecule is O=C1NC(=O)C2(Br)C3CCC(C3)C12Br. The predicted molar refractivity (Wildman–Crippen MR) is 57.3 cm³/mol. The number of alkyl halides is 2. The topological polar surface area (TPSA) is 46.2 Å². The van der Waals surface area contributed by atoms with Crippen LogP contribution in [0.4, 0.5) is 0 Å². The molecule has 4 unspecified atom stereocenters. The van der Waals surface area contributed by atoms with Gasteiger partial charge in [-0.1, -0.05) is 31.9 Å². The Morgan fingerprint density at radius 1 is 1.07 bits per heavy atom. The number of hydrogen-bond acceptors (Lipinski definition) is 2. The van der Waals surface area contributed by atoms with Gasteiger partial charge in [-0.2, -0.15) is 0 Å².